The standard InChI is InChI=1S/C9H13BrN2O/c10-8-7-13-9(11-8)6-12-4-2-1-3-5-12/h7H,1-6H2. The summed E-state index contributed by atoms with van der Waals surface area (Å²) in [5.41, 5.74) is 0. The van der Waals surface area contributed by atoms with Gasteiger partial charge in [-0.15, -0.1) is 0 Å². The van der Waals surface area contributed by atoms with Gasteiger partial charge in [-0.05, 0) is 41.9 Å². The zero-order chi connectivity index (χ0) is 9.10. The Balaban J connectivity index is 1.89. The Labute approximate surface area is 86.3 Å². The molecule has 2 heterocycles. The molecule has 1 aromatic heterocycles. The van der Waals surface area contributed by atoms with Gasteiger partial charge in [-0.1, -0.05) is 6.42 Å². The number of halogens is 1. The zero-order valence-electron chi connectivity index (χ0n) is 7.50. The summed E-state index contributed by atoms with van der Waals surface area (Å²) in [6.45, 7) is 3.21. The van der Waals surface area contributed by atoms with E-state index in [1.807, 2.05) is 0 Å². The predicted octanol–water partition coefficient (Wildman–Crippen LogP) is 2.42. The molecule has 0 amide bonds. The molecule has 4 heteroatoms. The first-order chi connectivity index (χ1) is 6.34. The van der Waals surface area contributed by atoms with Gasteiger partial charge in [0.25, 0.3) is 0 Å². The Bertz CT molecular complexity index is 268. The van der Waals surface area contributed by atoms with Crippen molar-refractivity contribution in [3.05, 3.63) is 16.8 Å². The average molecular weight is 245 g/mol. The number of hydrogen-bond donors (Lipinski definition) is 0. The number of piperidine rings is 1. The Hall–Kier alpha value is -0.350. The Morgan fingerprint density at radius 2 is 2.15 bits per heavy atom. The summed E-state index contributed by atoms with van der Waals surface area (Å²) in [4.78, 5) is 6.60. The molecule has 1 aromatic rings. The highest BCUT2D eigenvalue weighted by Crippen LogP contribution is 2.14. The molecule has 1 fully saturated rings. The maximum Gasteiger partial charge on any atom is 0.209 e. The topological polar surface area (TPSA) is 29.3 Å². The molecule has 0 radical (unpaired) electrons. The van der Waals surface area contributed by atoms with Gasteiger partial charge in [0.1, 0.15) is 10.9 Å². The Kier molecular flexibility index (Phi) is 3.01. The van der Waals surface area contributed by atoms with Gasteiger partial charge in [-0.2, -0.15) is 0 Å². The van der Waals surface area contributed by atoms with Gasteiger partial charge < -0.3 is 4.42 Å². The number of oxazole rings is 1. The molecule has 0 spiro atoms. The fraction of sp³-hybridized carbons (Fsp3) is 0.667. The molecule has 3 nitrogen and oxygen atoms in total. The fourth-order valence-electron chi connectivity index (χ4n) is 1.67. The van der Waals surface area contributed by atoms with Gasteiger partial charge >= 0.3 is 0 Å². The second kappa shape index (κ2) is 4.24. The quantitative estimate of drug-likeness (QED) is 0.801. The Morgan fingerprint density at radius 3 is 2.77 bits per heavy atom. The lowest BCUT2D eigenvalue weighted by Gasteiger charge is -2.24. The minimum atomic E-state index is 0.791. The summed E-state index contributed by atoms with van der Waals surface area (Å²) < 4.78 is 6.06. The molecule has 0 aliphatic carbocycles. The number of nitrogens with zero attached hydrogens (tertiary/aromatic N) is 2. The largest absolute Gasteiger partial charge is 0.446 e. The van der Waals surface area contributed by atoms with Crippen LogP contribution in [-0.4, -0.2) is 23.0 Å². The minimum absolute atomic E-state index is 0.791. The summed E-state index contributed by atoms with van der Waals surface area (Å²) in [6.07, 6.45) is 5.62. The summed E-state index contributed by atoms with van der Waals surface area (Å²) in [7, 11) is 0. The van der Waals surface area contributed by atoms with Crippen LogP contribution in [0.5, 0.6) is 0 Å². The van der Waals surface area contributed by atoms with Crippen LogP contribution in [0.2, 0.25) is 0 Å². The zero-order valence-corrected chi connectivity index (χ0v) is 9.09. The van der Waals surface area contributed by atoms with E-state index < -0.39 is 0 Å². The molecular formula is C9H13BrN2O. The van der Waals surface area contributed by atoms with Crippen LogP contribution in [0.25, 0.3) is 0 Å². The first-order valence-corrected chi connectivity index (χ1v) is 5.46. The highest BCUT2D eigenvalue weighted by Gasteiger charge is 2.12. The van der Waals surface area contributed by atoms with Gasteiger partial charge in [0.2, 0.25) is 5.89 Å². The van der Waals surface area contributed by atoms with Crippen LogP contribution in [0.15, 0.2) is 15.3 Å². The molecule has 1 saturated heterocycles. The number of rotatable bonds is 2. The summed E-state index contributed by atoms with van der Waals surface area (Å²) in [5.74, 6) is 0.814. The Morgan fingerprint density at radius 1 is 1.38 bits per heavy atom. The molecule has 0 N–H and O–H groups in total. The molecule has 1 aliphatic rings. The highest BCUT2D eigenvalue weighted by atomic mass is 79.9. The molecule has 2 rings (SSSR count). The normalized spacial score (nSPS) is 19.2. The highest BCUT2D eigenvalue weighted by molar-refractivity contribution is 9.10. The molecular weight excluding hydrogens is 232 g/mol. The van der Waals surface area contributed by atoms with Crippen molar-refractivity contribution in [1.29, 1.82) is 0 Å². The third kappa shape index (κ3) is 2.54. The predicted molar refractivity (Wildman–Crippen MR) is 53.3 cm³/mol. The van der Waals surface area contributed by atoms with Gasteiger partial charge in [-0.25, -0.2) is 4.98 Å². The van der Waals surface area contributed by atoms with E-state index in [4.69, 9.17) is 4.42 Å². The van der Waals surface area contributed by atoms with E-state index in [0.717, 1.165) is 17.0 Å². The average Bonchev–Trinajstić information content (AvgIpc) is 2.53. The molecule has 72 valence electrons. The third-order valence-corrected chi connectivity index (χ3v) is 2.70. The van der Waals surface area contributed by atoms with Gasteiger partial charge in [0.05, 0.1) is 6.54 Å². The van der Waals surface area contributed by atoms with Crippen molar-refractivity contribution in [3.8, 4) is 0 Å². The summed E-state index contributed by atoms with van der Waals surface area (Å²) >= 11 is 3.27. The van der Waals surface area contributed by atoms with E-state index in [1.54, 1.807) is 6.26 Å². The van der Waals surface area contributed by atoms with Gasteiger partial charge in [0, 0.05) is 0 Å². The van der Waals surface area contributed by atoms with Crippen molar-refractivity contribution >= 4 is 15.9 Å². The lowest BCUT2D eigenvalue weighted by Crippen LogP contribution is -2.29. The van der Waals surface area contributed by atoms with Crippen molar-refractivity contribution in [1.82, 2.24) is 9.88 Å². The van der Waals surface area contributed by atoms with Crippen LogP contribution in [0.4, 0.5) is 0 Å². The van der Waals surface area contributed by atoms with Crippen molar-refractivity contribution in [2.45, 2.75) is 25.8 Å². The first-order valence-electron chi connectivity index (χ1n) is 4.67. The van der Waals surface area contributed by atoms with E-state index in [9.17, 15) is 0 Å². The van der Waals surface area contributed by atoms with Crippen LogP contribution in [0.1, 0.15) is 25.2 Å². The van der Waals surface area contributed by atoms with Crippen LogP contribution in [-0.2, 0) is 6.54 Å². The maximum absolute atomic E-state index is 5.27. The van der Waals surface area contributed by atoms with E-state index in [0.29, 0.717) is 0 Å². The lowest BCUT2D eigenvalue weighted by molar-refractivity contribution is 0.201. The molecule has 0 bridgehead atoms. The van der Waals surface area contributed by atoms with Crippen LogP contribution in [0, 0.1) is 0 Å². The first kappa shape index (κ1) is 9.21. The van der Waals surface area contributed by atoms with Crippen LogP contribution in [0.3, 0.4) is 0 Å². The molecule has 0 saturated carbocycles. The SMILES string of the molecule is Brc1coc(CN2CCCCC2)n1. The summed E-state index contributed by atoms with van der Waals surface area (Å²) in [6, 6.07) is 0. The van der Waals surface area contributed by atoms with Crippen molar-refractivity contribution in [2.24, 2.45) is 0 Å². The van der Waals surface area contributed by atoms with Crippen molar-refractivity contribution < 1.29 is 4.42 Å². The lowest BCUT2D eigenvalue weighted by atomic mass is 10.1. The van der Waals surface area contributed by atoms with E-state index in [1.165, 1.54) is 32.4 Å². The minimum Gasteiger partial charge on any atom is -0.446 e. The number of aromatic nitrogens is 1. The smallest absolute Gasteiger partial charge is 0.209 e. The molecule has 0 aromatic carbocycles. The number of hydrogen-bond acceptors (Lipinski definition) is 3. The van der Waals surface area contributed by atoms with E-state index in [2.05, 4.69) is 25.8 Å². The second-order valence-electron chi connectivity index (χ2n) is 3.40. The molecule has 0 atom stereocenters. The monoisotopic (exact) mass is 244 g/mol. The number of likely N-dealkylation sites (tertiary alicyclic amines) is 1. The molecule has 1 aliphatic heterocycles. The van der Waals surface area contributed by atoms with E-state index in [-0.39, 0.29) is 0 Å². The van der Waals surface area contributed by atoms with Gasteiger partial charge in [0.15, 0.2) is 0 Å². The van der Waals surface area contributed by atoms with Crippen molar-refractivity contribution in [3.63, 3.8) is 0 Å². The van der Waals surface area contributed by atoms with Crippen LogP contribution >= 0.6 is 15.9 Å². The van der Waals surface area contributed by atoms with E-state index >= 15 is 0 Å². The molecule has 0 unspecified atom stereocenters. The fourth-order valence-corrected chi connectivity index (χ4v) is 1.96. The van der Waals surface area contributed by atoms with Crippen molar-refractivity contribution in [2.75, 3.05) is 13.1 Å². The third-order valence-electron chi connectivity index (χ3n) is 2.33. The van der Waals surface area contributed by atoms with Gasteiger partial charge in [-0.3, -0.25) is 4.90 Å². The summed E-state index contributed by atoms with van der Waals surface area (Å²) in [5, 5.41) is 0. The molecule has 13 heavy (non-hydrogen) atoms. The maximum atomic E-state index is 5.27. The second-order valence-corrected chi connectivity index (χ2v) is 4.21. The van der Waals surface area contributed by atoms with Crippen LogP contribution < -0.4 is 0 Å².